The molecule has 1 aromatic heterocycles. The second-order valence-corrected chi connectivity index (χ2v) is 8.30. The van der Waals surface area contributed by atoms with Crippen molar-refractivity contribution in [1.29, 1.82) is 0 Å². The summed E-state index contributed by atoms with van der Waals surface area (Å²) in [5, 5.41) is 3.99. The smallest absolute Gasteiger partial charge is 0.0934 e. The molecule has 0 amide bonds. The van der Waals surface area contributed by atoms with Crippen molar-refractivity contribution in [3.63, 3.8) is 0 Å². The third-order valence-corrected chi connectivity index (χ3v) is 6.69. The molecule has 1 N–H and O–H groups in total. The van der Waals surface area contributed by atoms with E-state index in [-0.39, 0.29) is 0 Å². The van der Waals surface area contributed by atoms with Crippen LogP contribution in [0.1, 0.15) is 55.0 Å². The number of rotatable bonds is 2. The van der Waals surface area contributed by atoms with Crippen LogP contribution in [-0.2, 0) is 6.42 Å². The van der Waals surface area contributed by atoms with Gasteiger partial charge in [-0.2, -0.15) is 0 Å². The number of nitrogens with zero attached hydrogens (tertiary/aromatic N) is 1. The molecule has 0 saturated carbocycles. The van der Waals surface area contributed by atoms with E-state index in [9.17, 15) is 0 Å². The number of hydrogen-bond acceptors (Lipinski definition) is 3. The van der Waals surface area contributed by atoms with Crippen LogP contribution < -0.4 is 5.32 Å². The summed E-state index contributed by atoms with van der Waals surface area (Å²) < 4.78 is 0.967. The van der Waals surface area contributed by atoms with Crippen LogP contribution >= 0.6 is 22.9 Å². The Morgan fingerprint density at radius 1 is 1.15 bits per heavy atom. The average Bonchev–Trinajstić information content (AvgIpc) is 3.03. The predicted octanol–water partition coefficient (Wildman–Crippen LogP) is 4.00. The van der Waals surface area contributed by atoms with Gasteiger partial charge in [-0.05, 0) is 56.7 Å². The van der Waals surface area contributed by atoms with Gasteiger partial charge in [0, 0.05) is 29.5 Å². The van der Waals surface area contributed by atoms with Gasteiger partial charge >= 0.3 is 0 Å². The molecule has 2 nitrogen and oxygen atoms in total. The summed E-state index contributed by atoms with van der Waals surface area (Å²) in [6, 6.07) is 4.26. The molecule has 2 fully saturated rings. The normalized spacial score (nSPS) is 34.0. The fourth-order valence-electron chi connectivity index (χ4n) is 4.39. The summed E-state index contributed by atoms with van der Waals surface area (Å²) in [6.07, 6.45) is 9.35. The first-order valence-electron chi connectivity index (χ1n) is 8.09. The van der Waals surface area contributed by atoms with Crippen molar-refractivity contribution in [3.8, 4) is 0 Å². The fourth-order valence-corrected chi connectivity index (χ4v) is 5.78. The van der Waals surface area contributed by atoms with Crippen LogP contribution in [0.3, 0.4) is 0 Å². The van der Waals surface area contributed by atoms with Crippen molar-refractivity contribution in [2.24, 2.45) is 0 Å². The van der Waals surface area contributed by atoms with Gasteiger partial charge in [0.1, 0.15) is 0 Å². The highest BCUT2D eigenvalue weighted by Crippen LogP contribution is 2.39. The SMILES string of the molecule is Clc1cc2c(s1)CCCC2NC1CCN2CCCCC12. The van der Waals surface area contributed by atoms with Crippen molar-refractivity contribution in [2.75, 3.05) is 13.1 Å². The maximum absolute atomic E-state index is 6.23. The van der Waals surface area contributed by atoms with Gasteiger partial charge in [0.25, 0.3) is 0 Å². The standard InChI is InChI=1S/C16H23ClN2S/c17-16-10-11-12(4-3-6-15(11)20-16)18-13-7-9-19-8-2-1-5-14(13)19/h10,12-14,18H,1-9H2. The van der Waals surface area contributed by atoms with E-state index in [1.807, 2.05) is 0 Å². The summed E-state index contributed by atoms with van der Waals surface area (Å²) in [5.74, 6) is 0. The summed E-state index contributed by atoms with van der Waals surface area (Å²) in [4.78, 5) is 4.24. The summed E-state index contributed by atoms with van der Waals surface area (Å²) in [5.41, 5.74) is 1.50. The van der Waals surface area contributed by atoms with Crippen molar-refractivity contribution in [1.82, 2.24) is 10.2 Å². The Morgan fingerprint density at radius 2 is 2.10 bits per heavy atom. The molecule has 3 atom stereocenters. The molecule has 0 spiro atoms. The van der Waals surface area contributed by atoms with E-state index in [0.717, 1.165) is 10.4 Å². The number of thiophene rings is 1. The minimum absolute atomic E-state index is 0.550. The molecule has 20 heavy (non-hydrogen) atoms. The van der Waals surface area contributed by atoms with Crippen LogP contribution in [0.2, 0.25) is 4.34 Å². The molecule has 3 unspecified atom stereocenters. The topological polar surface area (TPSA) is 15.3 Å². The third-order valence-electron chi connectivity index (χ3n) is 5.35. The Kier molecular flexibility index (Phi) is 3.80. The number of aryl methyl sites for hydroxylation is 1. The number of nitrogens with one attached hydrogen (secondary N) is 1. The highest BCUT2D eigenvalue weighted by molar-refractivity contribution is 7.16. The molecule has 1 aliphatic carbocycles. The second kappa shape index (κ2) is 5.60. The first-order chi connectivity index (χ1) is 9.81. The van der Waals surface area contributed by atoms with Gasteiger partial charge in [-0.1, -0.05) is 18.0 Å². The molecule has 3 heterocycles. The molecule has 3 aliphatic rings. The lowest BCUT2D eigenvalue weighted by Crippen LogP contribution is -2.46. The van der Waals surface area contributed by atoms with Gasteiger partial charge in [0.2, 0.25) is 0 Å². The first-order valence-corrected chi connectivity index (χ1v) is 9.29. The van der Waals surface area contributed by atoms with Crippen LogP contribution in [0.15, 0.2) is 6.07 Å². The van der Waals surface area contributed by atoms with Crippen molar-refractivity contribution < 1.29 is 0 Å². The quantitative estimate of drug-likeness (QED) is 0.888. The Morgan fingerprint density at radius 3 is 3.05 bits per heavy atom. The van der Waals surface area contributed by atoms with Crippen LogP contribution in [0, 0.1) is 0 Å². The Bertz CT molecular complexity index is 487. The third kappa shape index (κ3) is 2.43. The molecule has 2 saturated heterocycles. The van der Waals surface area contributed by atoms with Gasteiger partial charge in [-0.25, -0.2) is 0 Å². The second-order valence-electron chi connectivity index (χ2n) is 6.53. The molecule has 0 radical (unpaired) electrons. The molecule has 0 aromatic carbocycles. The zero-order chi connectivity index (χ0) is 13.5. The van der Waals surface area contributed by atoms with E-state index in [4.69, 9.17) is 11.6 Å². The molecule has 4 rings (SSSR count). The van der Waals surface area contributed by atoms with E-state index in [0.29, 0.717) is 12.1 Å². The van der Waals surface area contributed by atoms with Crippen LogP contribution in [-0.4, -0.2) is 30.1 Å². The van der Waals surface area contributed by atoms with Crippen LogP contribution in [0.5, 0.6) is 0 Å². The molecule has 110 valence electrons. The largest absolute Gasteiger partial charge is 0.306 e. The lowest BCUT2D eigenvalue weighted by molar-refractivity contribution is 0.175. The molecule has 0 bridgehead atoms. The average molecular weight is 311 g/mol. The van der Waals surface area contributed by atoms with Gasteiger partial charge < -0.3 is 5.32 Å². The zero-order valence-corrected chi connectivity index (χ0v) is 13.5. The molecule has 1 aromatic rings. The highest BCUT2D eigenvalue weighted by Gasteiger charge is 2.37. The van der Waals surface area contributed by atoms with Crippen molar-refractivity contribution in [2.45, 2.75) is 63.1 Å². The van der Waals surface area contributed by atoms with Gasteiger partial charge in [-0.15, -0.1) is 11.3 Å². The van der Waals surface area contributed by atoms with Crippen LogP contribution in [0.25, 0.3) is 0 Å². The van der Waals surface area contributed by atoms with Gasteiger partial charge in [-0.3, -0.25) is 4.90 Å². The molecule has 4 heteroatoms. The van der Waals surface area contributed by atoms with E-state index >= 15 is 0 Å². The summed E-state index contributed by atoms with van der Waals surface area (Å²) in [7, 11) is 0. The maximum Gasteiger partial charge on any atom is 0.0934 e. The minimum atomic E-state index is 0.550. The molecular formula is C16H23ClN2S. The van der Waals surface area contributed by atoms with E-state index in [1.165, 1.54) is 68.5 Å². The summed E-state index contributed by atoms with van der Waals surface area (Å²) in [6.45, 7) is 2.62. The predicted molar refractivity (Wildman–Crippen MR) is 85.8 cm³/mol. The first kappa shape index (κ1) is 13.6. The number of piperidine rings is 1. The number of hydrogen-bond donors (Lipinski definition) is 1. The lowest BCUT2D eigenvalue weighted by Gasteiger charge is -2.35. The highest BCUT2D eigenvalue weighted by atomic mass is 35.5. The van der Waals surface area contributed by atoms with E-state index in [2.05, 4.69) is 16.3 Å². The fraction of sp³-hybridized carbons (Fsp3) is 0.750. The monoisotopic (exact) mass is 310 g/mol. The summed E-state index contributed by atoms with van der Waals surface area (Å²) >= 11 is 8.02. The Labute approximate surface area is 130 Å². The van der Waals surface area contributed by atoms with E-state index in [1.54, 1.807) is 11.3 Å². The lowest BCUT2D eigenvalue weighted by atomic mass is 9.91. The molecule has 2 aliphatic heterocycles. The van der Waals surface area contributed by atoms with Crippen molar-refractivity contribution >= 4 is 22.9 Å². The van der Waals surface area contributed by atoms with Gasteiger partial charge in [0.15, 0.2) is 0 Å². The van der Waals surface area contributed by atoms with Crippen LogP contribution in [0.4, 0.5) is 0 Å². The van der Waals surface area contributed by atoms with Gasteiger partial charge in [0.05, 0.1) is 4.34 Å². The molecular weight excluding hydrogens is 288 g/mol. The van der Waals surface area contributed by atoms with E-state index < -0.39 is 0 Å². The Hall–Kier alpha value is -0.0900. The number of fused-ring (bicyclic) bond motifs is 2. The number of halogens is 1. The zero-order valence-electron chi connectivity index (χ0n) is 11.9. The van der Waals surface area contributed by atoms with Crippen molar-refractivity contribution in [3.05, 3.63) is 20.8 Å². The Balaban J connectivity index is 1.49. The minimum Gasteiger partial charge on any atom is -0.306 e. The maximum atomic E-state index is 6.23.